The van der Waals surface area contributed by atoms with Crippen molar-refractivity contribution in [2.75, 3.05) is 12.4 Å². The lowest BCUT2D eigenvalue weighted by atomic mass is 10.1. The summed E-state index contributed by atoms with van der Waals surface area (Å²) in [5, 5.41) is 3.54. The molecule has 2 aromatic rings. The Morgan fingerprint density at radius 3 is 2.55 bits per heavy atom. The number of methoxy groups -OCH3 is 1. The van der Waals surface area contributed by atoms with Crippen molar-refractivity contribution < 1.29 is 19.1 Å². The number of para-hydroxylation sites is 1. The zero-order chi connectivity index (χ0) is 21.0. The van der Waals surface area contributed by atoms with E-state index in [-0.39, 0.29) is 23.7 Å². The smallest absolute Gasteiger partial charge is 0.339 e. The zero-order valence-corrected chi connectivity index (χ0v) is 17.8. The van der Waals surface area contributed by atoms with E-state index in [0.29, 0.717) is 22.2 Å². The van der Waals surface area contributed by atoms with E-state index >= 15 is 0 Å². The maximum absolute atomic E-state index is 12.7. The number of aromatic amines is 1. The molecule has 2 N–H and O–H groups in total. The summed E-state index contributed by atoms with van der Waals surface area (Å²) in [6, 6.07) is 7.76. The van der Waals surface area contributed by atoms with Gasteiger partial charge in [-0.05, 0) is 37.5 Å². The highest BCUT2D eigenvalue weighted by Crippen LogP contribution is 2.38. The second-order valence-corrected chi connectivity index (χ2v) is 8.61. The number of amides is 1. The number of anilines is 1. The fourth-order valence-electron chi connectivity index (χ4n) is 3.73. The van der Waals surface area contributed by atoms with Crippen LogP contribution >= 0.6 is 11.8 Å². The summed E-state index contributed by atoms with van der Waals surface area (Å²) in [4.78, 5) is 40.8. The average Bonchev–Trinajstić information content (AvgIpc) is 3.30. The predicted molar refractivity (Wildman–Crippen MR) is 114 cm³/mol. The highest BCUT2D eigenvalue weighted by Gasteiger charge is 2.25. The normalized spacial score (nSPS) is 14.0. The Balaban J connectivity index is 1.79. The molecule has 1 aliphatic carbocycles. The van der Waals surface area contributed by atoms with Crippen LogP contribution in [0, 0.1) is 6.92 Å². The number of Topliss-reactive ketones (excluding diaryl/α,β-unsaturated/α-hetero) is 1. The van der Waals surface area contributed by atoms with E-state index in [0.717, 1.165) is 10.6 Å². The van der Waals surface area contributed by atoms with Gasteiger partial charge in [0.1, 0.15) is 0 Å². The van der Waals surface area contributed by atoms with Crippen LogP contribution in [0.2, 0.25) is 0 Å². The Hall–Kier alpha value is -2.54. The quantitative estimate of drug-likeness (QED) is 0.513. The molecule has 29 heavy (non-hydrogen) atoms. The summed E-state index contributed by atoms with van der Waals surface area (Å²) in [5.41, 5.74) is 2.23. The number of ketones is 1. The van der Waals surface area contributed by atoms with E-state index in [1.807, 2.05) is 24.3 Å². The summed E-state index contributed by atoms with van der Waals surface area (Å²) in [6.45, 7) is 3.09. The number of aromatic nitrogens is 1. The molecular formula is C22H26N2O4S. The van der Waals surface area contributed by atoms with Gasteiger partial charge >= 0.3 is 5.97 Å². The van der Waals surface area contributed by atoms with Crippen molar-refractivity contribution in [2.24, 2.45) is 0 Å². The Morgan fingerprint density at radius 2 is 1.90 bits per heavy atom. The summed E-state index contributed by atoms with van der Waals surface area (Å²) >= 11 is 1.81. The molecule has 0 atom stereocenters. The summed E-state index contributed by atoms with van der Waals surface area (Å²) in [5.74, 6) is -1.02. The van der Waals surface area contributed by atoms with Gasteiger partial charge in [-0.15, -0.1) is 11.8 Å². The van der Waals surface area contributed by atoms with Crippen LogP contribution in [0.5, 0.6) is 0 Å². The van der Waals surface area contributed by atoms with Crippen molar-refractivity contribution >= 4 is 35.1 Å². The molecule has 1 aliphatic rings. The van der Waals surface area contributed by atoms with Gasteiger partial charge in [-0.25, -0.2) is 4.79 Å². The van der Waals surface area contributed by atoms with E-state index < -0.39 is 5.97 Å². The maximum atomic E-state index is 12.7. The van der Waals surface area contributed by atoms with Gasteiger partial charge in [0.15, 0.2) is 5.78 Å². The zero-order valence-electron chi connectivity index (χ0n) is 17.0. The first-order chi connectivity index (χ1) is 13.9. The van der Waals surface area contributed by atoms with Crippen LogP contribution in [0.15, 0.2) is 29.2 Å². The monoisotopic (exact) mass is 414 g/mol. The van der Waals surface area contributed by atoms with Gasteiger partial charge in [0.05, 0.1) is 30.5 Å². The molecule has 0 aliphatic heterocycles. The minimum atomic E-state index is -0.564. The van der Waals surface area contributed by atoms with Crippen LogP contribution in [0.4, 0.5) is 5.69 Å². The standard InChI is InChI=1S/C22H26N2O4S/c1-13-20(22(27)28-3)17(24-21(13)14(2)25)12-19(26)23-16-10-6-7-11-18(16)29-15-8-4-5-9-15/h6-7,10-11,15,24H,4-5,8-9,12H2,1-3H3,(H,23,26). The number of carbonyl (C=O) groups excluding carboxylic acids is 3. The van der Waals surface area contributed by atoms with E-state index in [2.05, 4.69) is 10.3 Å². The molecule has 1 aromatic carbocycles. The van der Waals surface area contributed by atoms with Crippen molar-refractivity contribution in [1.29, 1.82) is 0 Å². The van der Waals surface area contributed by atoms with E-state index in [1.54, 1.807) is 18.7 Å². The molecule has 0 radical (unpaired) electrons. The number of H-pyrrole nitrogens is 1. The molecule has 1 aromatic heterocycles. The Bertz CT molecular complexity index is 929. The molecule has 1 saturated carbocycles. The second kappa shape index (κ2) is 9.31. The predicted octanol–water partition coefficient (Wildman–Crippen LogP) is 4.53. The van der Waals surface area contributed by atoms with Gasteiger partial charge in [-0.1, -0.05) is 25.0 Å². The highest BCUT2D eigenvalue weighted by atomic mass is 32.2. The maximum Gasteiger partial charge on any atom is 0.339 e. The van der Waals surface area contributed by atoms with Crippen LogP contribution in [-0.4, -0.2) is 35.0 Å². The number of hydrogen-bond acceptors (Lipinski definition) is 5. The fourth-order valence-corrected chi connectivity index (χ4v) is 5.07. The van der Waals surface area contributed by atoms with Gasteiger partial charge in [-0.3, -0.25) is 9.59 Å². The minimum absolute atomic E-state index is 0.0546. The second-order valence-electron chi connectivity index (χ2n) is 7.27. The molecule has 0 saturated heterocycles. The molecule has 6 nitrogen and oxygen atoms in total. The van der Waals surface area contributed by atoms with Gasteiger partial charge < -0.3 is 15.0 Å². The van der Waals surface area contributed by atoms with Gasteiger partial charge in [0.2, 0.25) is 5.91 Å². The first-order valence-electron chi connectivity index (χ1n) is 9.77. The Morgan fingerprint density at radius 1 is 1.21 bits per heavy atom. The summed E-state index contributed by atoms with van der Waals surface area (Å²) < 4.78 is 4.84. The lowest BCUT2D eigenvalue weighted by molar-refractivity contribution is -0.115. The van der Waals surface area contributed by atoms with Crippen LogP contribution in [0.3, 0.4) is 0 Å². The third-order valence-electron chi connectivity index (χ3n) is 5.16. The van der Waals surface area contributed by atoms with Crippen molar-refractivity contribution in [1.82, 2.24) is 4.98 Å². The number of thioether (sulfide) groups is 1. The number of rotatable bonds is 7. The number of benzene rings is 1. The highest BCUT2D eigenvalue weighted by molar-refractivity contribution is 8.00. The van der Waals surface area contributed by atoms with Crippen molar-refractivity contribution in [3.05, 3.63) is 46.8 Å². The molecule has 1 heterocycles. The van der Waals surface area contributed by atoms with Gasteiger partial charge in [0.25, 0.3) is 0 Å². The molecule has 1 amide bonds. The Labute approximate surface area is 174 Å². The number of carbonyl (C=O) groups is 3. The lowest BCUT2D eigenvalue weighted by Gasteiger charge is -2.14. The number of hydrogen-bond donors (Lipinski definition) is 2. The SMILES string of the molecule is COC(=O)c1c(CC(=O)Nc2ccccc2SC2CCCC2)[nH]c(C(C)=O)c1C. The first kappa shape index (κ1) is 21.2. The van der Waals surface area contributed by atoms with Gasteiger partial charge in [0, 0.05) is 22.8 Å². The van der Waals surface area contributed by atoms with Crippen LogP contribution in [-0.2, 0) is 16.0 Å². The molecule has 7 heteroatoms. The molecule has 3 rings (SSSR count). The van der Waals surface area contributed by atoms with Crippen LogP contribution in [0.25, 0.3) is 0 Å². The molecular weight excluding hydrogens is 388 g/mol. The van der Waals surface area contributed by atoms with Crippen molar-refractivity contribution in [3.8, 4) is 0 Å². The topological polar surface area (TPSA) is 88.3 Å². The molecule has 0 bridgehead atoms. The third-order valence-corrected chi connectivity index (χ3v) is 6.58. The largest absolute Gasteiger partial charge is 0.465 e. The molecule has 1 fully saturated rings. The molecule has 154 valence electrons. The lowest BCUT2D eigenvalue weighted by Crippen LogP contribution is -2.17. The average molecular weight is 415 g/mol. The van der Waals surface area contributed by atoms with Gasteiger partial charge in [-0.2, -0.15) is 0 Å². The minimum Gasteiger partial charge on any atom is -0.465 e. The molecule has 0 unspecified atom stereocenters. The van der Waals surface area contributed by atoms with E-state index in [9.17, 15) is 14.4 Å². The van der Waals surface area contributed by atoms with Crippen LogP contribution in [0.1, 0.15) is 64.7 Å². The Kier molecular flexibility index (Phi) is 6.79. The number of ether oxygens (including phenoxy) is 1. The third kappa shape index (κ3) is 4.90. The molecule has 0 spiro atoms. The fraction of sp³-hybridized carbons (Fsp3) is 0.409. The van der Waals surface area contributed by atoms with E-state index in [1.165, 1.54) is 39.7 Å². The number of nitrogens with one attached hydrogen (secondary N) is 2. The van der Waals surface area contributed by atoms with Crippen molar-refractivity contribution in [3.63, 3.8) is 0 Å². The van der Waals surface area contributed by atoms with Crippen LogP contribution < -0.4 is 5.32 Å². The number of esters is 1. The van der Waals surface area contributed by atoms with Crippen molar-refractivity contribution in [2.45, 2.75) is 56.1 Å². The summed E-state index contributed by atoms with van der Waals surface area (Å²) in [6.07, 6.45) is 4.86. The summed E-state index contributed by atoms with van der Waals surface area (Å²) in [7, 11) is 1.28. The first-order valence-corrected chi connectivity index (χ1v) is 10.6. The van der Waals surface area contributed by atoms with E-state index in [4.69, 9.17) is 4.74 Å².